The van der Waals surface area contributed by atoms with Crippen LogP contribution < -0.4 is 4.74 Å². The van der Waals surface area contributed by atoms with Crippen LogP contribution in [-0.4, -0.2) is 51.8 Å². The third kappa shape index (κ3) is 3.30. The monoisotopic (exact) mass is 457 g/mol. The molecule has 176 valence electrons. The minimum absolute atomic E-state index is 0.0239. The summed E-state index contributed by atoms with van der Waals surface area (Å²) >= 11 is 0. The molecule has 2 aromatic carbocycles. The van der Waals surface area contributed by atoms with Gasteiger partial charge in [0.05, 0.1) is 6.61 Å². The topological polar surface area (TPSA) is 65.6 Å². The number of aromatic nitrogens is 1. The number of ether oxygens (including phenoxy) is 1. The van der Waals surface area contributed by atoms with Crippen LogP contribution in [0.3, 0.4) is 0 Å². The van der Waals surface area contributed by atoms with Crippen LogP contribution >= 0.6 is 0 Å². The van der Waals surface area contributed by atoms with Gasteiger partial charge in [0.25, 0.3) is 0 Å². The van der Waals surface area contributed by atoms with Crippen LogP contribution in [0.5, 0.6) is 5.75 Å². The number of carbonyl (C=O) groups excluding carboxylic acids is 2. The van der Waals surface area contributed by atoms with Gasteiger partial charge in [-0.3, -0.25) is 9.59 Å². The van der Waals surface area contributed by atoms with E-state index in [1.54, 1.807) is 0 Å². The minimum Gasteiger partial charge on any atom is -0.494 e. The number of nitrogens with one attached hydrogen (secondary N) is 1. The molecule has 2 fully saturated rings. The molecule has 0 unspecified atom stereocenters. The SMILES string of the molecule is CCOc1ccccc1[C@H]1c2[nH]c3ccccc3c2C[C@H]2C(=O)N(C3CCCCC3)CC(=O)N12. The van der Waals surface area contributed by atoms with E-state index in [1.165, 1.54) is 6.42 Å². The number of H-pyrrole nitrogens is 1. The molecule has 6 nitrogen and oxygen atoms in total. The summed E-state index contributed by atoms with van der Waals surface area (Å²) in [4.78, 5) is 35.1. The van der Waals surface area contributed by atoms with Crippen LogP contribution in [0.15, 0.2) is 48.5 Å². The number of aromatic amines is 1. The fraction of sp³-hybridized carbons (Fsp3) is 0.429. The van der Waals surface area contributed by atoms with Gasteiger partial charge in [0.2, 0.25) is 11.8 Å². The summed E-state index contributed by atoms with van der Waals surface area (Å²) in [5, 5.41) is 1.13. The molecule has 1 aliphatic carbocycles. The third-order valence-corrected chi connectivity index (χ3v) is 7.82. The Morgan fingerprint density at radius 3 is 2.59 bits per heavy atom. The highest BCUT2D eigenvalue weighted by molar-refractivity contribution is 5.98. The van der Waals surface area contributed by atoms with Crippen LogP contribution in [0.4, 0.5) is 0 Å². The Balaban J connectivity index is 1.50. The van der Waals surface area contributed by atoms with E-state index in [0.717, 1.165) is 59.2 Å². The first-order chi connectivity index (χ1) is 16.7. The lowest BCUT2D eigenvalue weighted by Crippen LogP contribution is -2.65. The Hall–Kier alpha value is -3.28. The second-order valence-corrected chi connectivity index (χ2v) is 9.72. The Kier molecular flexibility index (Phi) is 5.31. The molecule has 3 heterocycles. The van der Waals surface area contributed by atoms with Crippen molar-refractivity contribution < 1.29 is 14.3 Å². The van der Waals surface area contributed by atoms with Crippen molar-refractivity contribution in [3.05, 3.63) is 65.4 Å². The molecule has 34 heavy (non-hydrogen) atoms. The summed E-state index contributed by atoms with van der Waals surface area (Å²) in [5.74, 6) is 0.882. The van der Waals surface area contributed by atoms with Crippen LogP contribution in [0, 0.1) is 0 Å². The quantitative estimate of drug-likeness (QED) is 0.624. The van der Waals surface area contributed by atoms with Gasteiger partial charge in [-0.2, -0.15) is 0 Å². The molecular formula is C28H31N3O3. The van der Waals surface area contributed by atoms with E-state index in [9.17, 15) is 9.59 Å². The zero-order valence-electron chi connectivity index (χ0n) is 19.6. The number of hydrogen-bond donors (Lipinski definition) is 1. The number of piperazine rings is 1. The van der Waals surface area contributed by atoms with Crippen molar-refractivity contribution >= 4 is 22.7 Å². The predicted molar refractivity (Wildman–Crippen MR) is 131 cm³/mol. The van der Waals surface area contributed by atoms with Gasteiger partial charge in [-0.15, -0.1) is 0 Å². The number of amides is 2. The highest BCUT2D eigenvalue weighted by Gasteiger charge is 2.50. The molecule has 0 bridgehead atoms. The molecular weight excluding hydrogens is 426 g/mol. The first-order valence-corrected chi connectivity index (χ1v) is 12.6. The number of nitrogens with zero attached hydrogens (tertiary/aromatic N) is 2. The molecule has 1 saturated carbocycles. The zero-order chi connectivity index (χ0) is 23.2. The lowest BCUT2D eigenvalue weighted by Gasteiger charge is -2.49. The van der Waals surface area contributed by atoms with Crippen LogP contribution in [0.25, 0.3) is 10.9 Å². The molecule has 6 rings (SSSR count). The Morgan fingerprint density at radius 1 is 1.00 bits per heavy atom. The van der Waals surface area contributed by atoms with Crippen molar-refractivity contribution in [1.29, 1.82) is 0 Å². The molecule has 2 aliphatic heterocycles. The Bertz CT molecular complexity index is 1240. The zero-order valence-corrected chi connectivity index (χ0v) is 19.6. The third-order valence-electron chi connectivity index (χ3n) is 7.82. The van der Waals surface area contributed by atoms with Crippen molar-refractivity contribution in [3.8, 4) is 5.75 Å². The molecule has 0 radical (unpaired) electrons. The molecule has 1 N–H and O–H groups in total. The van der Waals surface area contributed by atoms with Crippen molar-refractivity contribution in [2.75, 3.05) is 13.2 Å². The maximum Gasteiger partial charge on any atom is 0.246 e. The van der Waals surface area contributed by atoms with Gasteiger partial charge in [-0.25, -0.2) is 0 Å². The second kappa shape index (κ2) is 8.49. The minimum atomic E-state index is -0.491. The van der Waals surface area contributed by atoms with Crippen molar-refractivity contribution in [2.24, 2.45) is 0 Å². The van der Waals surface area contributed by atoms with Gasteiger partial charge in [0.1, 0.15) is 24.4 Å². The summed E-state index contributed by atoms with van der Waals surface area (Å²) in [5.41, 5.74) is 4.10. The predicted octanol–water partition coefficient (Wildman–Crippen LogP) is 4.58. The normalized spacial score (nSPS) is 23.2. The number of hydrogen-bond acceptors (Lipinski definition) is 3. The van der Waals surface area contributed by atoms with Gasteiger partial charge in [0, 0.05) is 34.6 Å². The van der Waals surface area contributed by atoms with E-state index in [0.29, 0.717) is 13.0 Å². The van der Waals surface area contributed by atoms with Crippen molar-refractivity contribution in [2.45, 2.75) is 63.6 Å². The van der Waals surface area contributed by atoms with Gasteiger partial charge >= 0.3 is 0 Å². The molecule has 0 spiro atoms. The largest absolute Gasteiger partial charge is 0.494 e. The average molecular weight is 458 g/mol. The second-order valence-electron chi connectivity index (χ2n) is 9.72. The summed E-state index contributed by atoms with van der Waals surface area (Å²) in [7, 11) is 0. The van der Waals surface area contributed by atoms with Crippen LogP contribution in [-0.2, 0) is 16.0 Å². The lowest BCUT2D eigenvalue weighted by atomic mass is 9.84. The van der Waals surface area contributed by atoms with Gasteiger partial charge in [0.15, 0.2) is 0 Å². The lowest BCUT2D eigenvalue weighted by molar-refractivity contribution is -0.161. The molecule has 3 aliphatic rings. The molecule has 1 saturated heterocycles. The first kappa shape index (κ1) is 21.3. The summed E-state index contributed by atoms with van der Waals surface area (Å²) in [6.45, 7) is 2.67. The molecule has 2 amide bonds. The fourth-order valence-corrected chi connectivity index (χ4v) is 6.31. The highest BCUT2D eigenvalue weighted by Crippen LogP contribution is 2.45. The molecule has 2 atom stereocenters. The van der Waals surface area contributed by atoms with E-state index < -0.39 is 6.04 Å². The Morgan fingerprint density at radius 2 is 1.76 bits per heavy atom. The highest BCUT2D eigenvalue weighted by atomic mass is 16.5. The number of carbonyl (C=O) groups is 2. The van der Waals surface area contributed by atoms with Gasteiger partial charge in [-0.05, 0) is 37.5 Å². The summed E-state index contributed by atoms with van der Waals surface area (Å²) in [6.07, 6.45) is 6.03. The molecule has 1 aromatic heterocycles. The van der Waals surface area contributed by atoms with E-state index in [1.807, 2.05) is 53.1 Å². The molecule has 3 aromatic rings. The maximum atomic E-state index is 14.0. The first-order valence-electron chi connectivity index (χ1n) is 12.6. The van der Waals surface area contributed by atoms with E-state index in [-0.39, 0.29) is 30.4 Å². The van der Waals surface area contributed by atoms with E-state index in [2.05, 4.69) is 17.1 Å². The van der Waals surface area contributed by atoms with Gasteiger partial charge in [-0.1, -0.05) is 55.7 Å². The van der Waals surface area contributed by atoms with Crippen molar-refractivity contribution in [3.63, 3.8) is 0 Å². The van der Waals surface area contributed by atoms with Crippen molar-refractivity contribution in [1.82, 2.24) is 14.8 Å². The Labute approximate surface area is 199 Å². The van der Waals surface area contributed by atoms with E-state index >= 15 is 0 Å². The average Bonchev–Trinajstić information content (AvgIpc) is 3.25. The standard InChI is InChI=1S/C28H31N3O3/c1-2-34-24-15-9-7-13-20(24)27-26-21(19-12-6-8-14-22(19)29-26)16-23-28(33)30(17-25(32)31(23)27)18-10-4-3-5-11-18/h6-9,12-15,18,23,27,29H,2-5,10-11,16-17H2,1H3/t23-,27-/m0/s1. The van der Waals surface area contributed by atoms with E-state index in [4.69, 9.17) is 4.74 Å². The number of rotatable bonds is 4. The smallest absolute Gasteiger partial charge is 0.246 e. The molecule has 6 heteroatoms. The van der Waals surface area contributed by atoms with Crippen LogP contribution in [0.1, 0.15) is 61.9 Å². The number of para-hydroxylation sites is 2. The fourth-order valence-electron chi connectivity index (χ4n) is 6.31. The van der Waals surface area contributed by atoms with Crippen LogP contribution in [0.2, 0.25) is 0 Å². The number of fused-ring (bicyclic) bond motifs is 4. The summed E-state index contributed by atoms with van der Waals surface area (Å²) in [6, 6.07) is 15.5. The summed E-state index contributed by atoms with van der Waals surface area (Å²) < 4.78 is 5.99. The maximum absolute atomic E-state index is 14.0. The van der Waals surface area contributed by atoms with Gasteiger partial charge < -0.3 is 19.5 Å². The number of benzene rings is 2.